The molecule has 146 valence electrons. The van der Waals surface area contributed by atoms with E-state index in [1.807, 2.05) is 18.5 Å². The van der Waals surface area contributed by atoms with Crippen LogP contribution in [0.5, 0.6) is 0 Å². The quantitative estimate of drug-likeness (QED) is 0.340. The third kappa shape index (κ3) is 4.14. The van der Waals surface area contributed by atoms with E-state index in [0.29, 0.717) is 0 Å². The lowest BCUT2D eigenvalue weighted by molar-refractivity contribution is 0.795. The van der Waals surface area contributed by atoms with Crippen molar-refractivity contribution in [2.45, 2.75) is 40.0 Å². The predicted octanol–water partition coefficient (Wildman–Crippen LogP) is 6.74. The molecule has 3 heteroatoms. The summed E-state index contributed by atoms with van der Waals surface area (Å²) in [5.74, 6) is 0. The summed E-state index contributed by atoms with van der Waals surface area (Å²) in [5.41, 5.74) is 8.07. The third-order valence-electron chi connectivity index (χ3n) is 5.42. The van der Waals surface area contributed by atoms with Gasteiger partial charge in [-0.3, -0.25) is 9.98 Å². The van der Waals surface area contributed by atoms with Crippen molar-refractivity contribution < 1.29 is 0 Å². The van der Waals surface area contributed by atoms with Crippen molar-refractivity contribution in [3.63, 3.8) is 0 Å². The highest BCUT2D eigenvalue weighted by molar-refractivity contribution is 5.85. The fraction of sp³-hybridized carbons (Fsp3) is 0.231. The summed E-state index contributed by atoms with van der Waals surface area (Å²) in [4.78, 5) is 9.13. The monoisotopic (exact) mass is 381 g/mol. The summed E-state index contributed by atoms with van der Waals surface area (Å²) in [6.45, 7) is 6.51. The zero-order chi connectivity index (χ0) is 20.2. The second kappa shape index (κ2) is 8.44. The van der Waals surface area contributed by atoms with Crippen LogP contribution in [0.3, 0.4) is 0 Å². The zero-order valence-corrected chi connectivity index (χ0v) is 17.4. The minimum Gasteiger partial charge on any atom is -0.318 e. The first kappa shape index (κ1) is 19.1. The van der Waals surface area contributed by atoms with Gasteiger partial charge in [0.2, 0.25) is 0 Å². The van der Waals surface area contributed by atoms with Gasteiger partial charge < -0.3 is 4.57 Å². The van der Waals surface area contributed by atoms with Crippen LogP contribution in [0.1, 0.15) is 42.3 Å². The second-order valence-corrected chi connectivity index (χ2v) is 7.57. The maximum atomic E-state index is 4.71. The largest absolute Gasteiger partial charge is 0.318 e. The van der Waals surface area contributed by atoms with Gasteiger partial charge in [-0.05, 0) is 74.7 Å². The SMILES string of the molecule is CCCCc1ccc(N=Cc2cc(C)n(-c3ccc4ncccc4c3)c2C)cc1. The van der Waals surface area contributed by atoms with Crippen LogP contribution in [0.15, 0.2) is 71.9 Å². The fourth-order valence-electron chi connectivity index (χ4n) is 3.79. The van der Waals surface area contributed by atoms with E-state index in [-0.39, 0.29) is 0 Å². The van der Waals surface area contributed by atoms with Gasteiger partial charge in [0.05, 0.1) is 11.2 Å². The van der Waals surface area contributed by atoms with E-state index in [1.165, 1.54) is 29.8 Å². The van der Waals surface area contributed by atoms with Crippen molar-refractivity contribution in [1.82, 2.24) is 9.55 Å². The fourth-order valence-corrected chi connectivity index (χ4v) is 3.79. The maximum Gasteiger partial charge on any atom is 0.0703 e. The Balaban J connectivity index is 1.60. The molecule has 29 heavy (non-hydrogen) atoms. The lowest BCUT2D eigenvalue weighted by atomic mass is 10.1. The zero-order valence-electron chi connectivity index (χ0n) is 17.4. The van der Waals surface area contributed by atoms with Gasteiger partial charge in [0.25, 0.3) is 0 Å². The van der Waals surface area contributed by atoms with Crippen LogP contribution < -0.4 is 0 Å². The Kier molecular flexibility index (Phi) is 5.57. The van der Waals surface area contributed by atoms with Crippen molar-refractivity contribution in [3.8, 4) is 5.69 Å². The molecule has 2 heterocycles. The number of pyridine rings is 1. The lowest BCUT2D eigenvalue weighted by Crippen LogP contribution is -1.99. The molecule has 0 bridgehead atoms. The smallest absolute Gasteiger partial charge is 0.0703 e. The molecule has 0 fully saturated rings. The van der Waals surface area contributed by atoms with E-state index < -0.39 is 0 Å². The molecule has 0 aliphatic heterocycles. The topological polar surface area (TPSA) is 30.2 Å². The van der Waals surface area contributed by atoms with Crippen molar-refractivity contribution in [3.05, 3.63) is 89.4 Å². The van der Waals surface area contributed by atoms with Crippen LogP contribution in [0, 0.1) is 13.8 Å². The normalized spacial score (nSPS) is 11.6. The summed E-state index contributed by atoms with van der Waals surface area (Å²) in [6, 6.07) is 21.3. The van der Waals surface area contributed by atoms with Gasteiger partial charge in [-0.1, -0.05) is 31.5 Å². The van der Waals surface area contributed by atoms with Crippen LogP contribution in [0.4, 0.5) is 5.69 Å². The van der Waals surface area contributed by atoms with Gasteiger partial charge in [-0.15, -0.1) is 0 Å². The molecule has 0 aliphatic carbocycles. The van der Waals surface area contributed by atoms with Gasteiger partial charge in [-0.2, -0.15) is 0 Å². The summed E-state index contributed by atoms with van der Waals surface area (Å²) >= 11 is 0. The molecule has 4 aromatic rings. The van der Waals surface area contributed by atoms with Crippen molar-refractivity contribution in [2.24, 2.45) is 4.99 Å². The molecule has 0 spiro atoms. The Hall–Kier alpha value is -3.20. The molecule has 0 aliphatic rings. The number of benzene rings is 2. The predicted molar refractivity (Wildman–Crippen MR) is 123 cm³/mol. The number of hydrogen-bond acceptors (Lipinski definition) is 2. The number of aryl methyl sites for hydroxylation is 2. The molecule has 0 saturated heterocycles. The van der Waals surface area contributed by atoms with Gasteiger partial charge in [0.1, 0.15) is 0 Å². The molecule has 3 nitrogen and oxygen atoms in total. The molecule has 0 saturated carbocycles. The number of fused-ring (bicyclic) bond motifs is 1. The summed E-state index contributed by atoms with van der Waals surface area (Å²) < 4.78 is 2.28. The third-order valence-corrected chi connectivity index (χ3v) is 5.42. The molecular weight excluding hydrogens is 354 g/mol. The summed E-state index contributed by atoms with van der Waals surface area (Å²) in [5, 5.41) is 1.15. The Bertz CT molecular complexity index is 1150. The van der Waals surface area contributed by atoms with E-state index in [0.717, 1.165) is 34.3 Å². The number of unbranched alkanes of at least 4 members (excludes halogenated alkanes) is 1. The molecule has 0 amide bonds. The minimum atomic E-state index is 0.992. The second-order valence-electron chi connectivity index (χ2n) is 7.57. The Labute approximate surface area is 172 Å². The Morgan fingerprint density at radius 1 is 1.00 bits per heavy atom. The first-order valence-corrected chi connectivity index (χ1v) is 10.3. The molecule has 4 rings (SSSR count). The van der Waals surface area contributed by atoms with Gasteiger partial charge in [-0.25, -0.2) is 0 Å². The molecule has 2 aromatic heterocycles. The Morgan fingerprint density at radius 3 is 2.62 bits per heavy atom. The number of aliphatic imine (C=N–C) groups is 1. The van der Waals surface area contributed by atoms with E-state index in [9.17, 15) is 0 Å². The standard InChI is InChI=1S/C26H27N3/c1-4-5-7-21-9-11-24(12-10-21)28-18-23-16-19(2)29(20(23)3)25-13-14-26-22(17-25)8-6-15-27-26/h6,8-18H,4-5,7H2,1-3H3. The number of aromatic nitrogens is 2. The van der Waals surface area contributed by atoms with Crippen molar-refractivity contribution in [2.75, 3.05) is 0 Å². The molecule has 0 atom stereocenters. The summed E-state index contributed by atoms with van der Waals surface area (Å²) in [6.07, 6.45) is 7.41. The molecule has 0 unspecified atom stereocenters. The minimum absolute atomic E-state index is 0.992. The maximum absolute atomic E-state index is 4.71. The van der Waals surface area contributed by atoms with Crippen LogP contribution in [0.2, 0.25) is 0 Å². The molecule has 0 N–H and O–H groups in total. The van der Waals surface area contributed by atoms with Crippen molar-refractivity contribution >= 4 is 22.8 Å². The Morgan fingerprint density at radius 2 is 1.83 bits per heavy atom. The highest BCUT2D eigenvalue weighted by atomic mass is 15.0. The van der Waals surface area contributed by atoms with Crippen LogP contribution in [-0.4, -0.2) is 15.8 Å². The van der Waals surface area contributed by atoms with E-state index in [2.05, 4.69) is 84.9 Å². The van der Waals surface area contributed by atoms with Gasteiger partial charge >= 0.3 is 0 Å². The van der Waals surface area contributed by atoms with Crippen molar-refractivity contribution in [1.29, 1.82) is 0 Å². The number of nitrogens with zero attached hydrogens (tertiary/aromatic N) is 3. The average Bonchev–Trinajstić information content (AvgIpc) is 3.04. The van der Waals surface area contributed by atoms with Crippen LogP contribution in [-0.2, 0) is 6.42 Å². The summed E-state index contributed by atoms with van der Waals surface area (Å²) in [7, 11) is 0. The highest BCUT2D eigenvalue weighted by Gasteiger charge is 2.10. The van der Waals surface area contributed by atoms with E-state index in [4.69, 9.17) is 4.99 Å². The first-order chi connectivity index (χ1) is 14.2. The van der Waals surface area contributed by atoms with Gasteiger partial charge in [0.15, 0.2) is 0 Å². The first-order valence-electron chi connectivity index (χ1n) is 10.3. The van der Waals surface area contributed by atoms with Gasteiger partial charge in [0, 0.05) is 40.4 Å². The number of rotatable bonds is 6. The average molecular weight is 382 g/mol. The van der Waals surface area contributed by atoms with Crippen LogP contribution >= 0.6 is 0 Å². The molecule has 2 aromatic carbocycles. The molecular formula is C26H27N3. The van der Waals surface area contributed by atoms with Crippen LogP contribution in [0.25, 0.3) is 16.6 Å². The molecule has 0 radical (unpaired) electrons. The van der Waals surface area contributed by atoms with E-state index in [1.54, 1.807) is 0 Å². The highest BCUT2D eigenvalue weighted by Crippen LogP contribution is 2.23. The number of hydrogen-bond donors (Lipinski definition) is 0. The lowest BCUT2D eigenvalue weighted by Gasteiger charge is -2.10. The van der Waals surface area contributed by atoms with E-state index >= 15 is 0 Å².